The topological polar surface area (TPSA) is 43.1 Å². The molecule has 0 radical (unpaired) electrons. The number of hydrogen-bond donors (Lipinski definition) is 0. The number of rotatable bonds is 5. The number of nitro groups is 1. The summed E-state index contributed by atoms with van der Waals surface area (Å²) in [6.45, 7) is 0. The van der Waals surface area contributed by atoms with Crippen LogP contribution in [0.4, 0.5) is 5.69 Å². The minimum atomic E-state index is -0.377. The molecule has 2 rings (SSSR count). The van der Waals surface area contributed by atoms with Crippen LogP contribution in [0.25, 0.3) is 0 Å². The van der Waals surface area contributed by atoms with Gasteiger partial charge in [0.15, 0.2) is 0 Å². The van der Waals surface area contributed by atoms with E-state index < -0.39 is 0 Å². The molecule has 2 aromatic carbocycles. The number of nitro benzene ring substituents is 1. The van der Waals surface area contributed by atoms with Gasteiger partial charge in [-0.15, -0.1) is 11.8 Å². The number of non-ortho nitro benzene ring substituents is 1. The highest BCUT2D eigenvalue weighted by Gasteiger charge is 2.03. The van der Waals surface area contributed by atoms with Crippen molar-refractivity contribution in [1.29, 1.82) is 0 Å². The molecule has 3 nitrogen and oxygen atoms in total. The second kappa shape index (κ2) is 6.21. The highest BCUT2D eigenvalue weighted by atomic mass is 32.2. The maximum atomic E-state index is 10.5. The smallest absolute Gasteiger partial charge is 0.258 e. The molecule has 0 atom stereocenters. The number of aryl methyl sites for hydroxylation is 1. The lowest BCUT2D eigenvalue weighted by Gasteiger charge is -2.02. The third-order valence-corrected chi connectivity index (χ3v) is 3.56. The molecular weight excluding hydrogens is 246 g/mol. The van der Waals surface area contributed by atoms with Gasteiger partial charge in [0.25, 0.3) is 5.69 Å². The highest BCUT2D eigenvalue weighted by Crippen LogP contribution is 2.22. The number of nitrogens with zero attached hydrogens (tertiary/aromatic N) is 1. The lowest BCUT2D eigenvalue weighted by Crippen LogP contribution is -1.89. The number of hydrogen-bond acceptors (Lipinski definition) is 3. The summed E-state index contributed by atoms with van der Waals surface area (Å²) in [6, 6.07) is 17.0. The molecule has 0 saturated heterocycles. The lowest BCUT2D eigenvalue weighted by atomic mass is 10.2. The SMILES string of the molecule is O=[N+]([O-])c1ccc(SCCc2ccccc2)cc1. The molecule has 0 bridgehead atoms. The van der Waals surface area contributed by atoms with Crippen LogP contribution in [0.15, 0.2) is 59.5 Å². The van der Waals surface area contributed by atoms with Gasteiger partial charge in [0.2, 0.25) is 0 Å². The normalized spacial score (nSPS) is 10.2. The van der Waals surface area contributed by atoms with E-state index in [4.69, 9.17) is 0 Å². The second-order valence-corrected chi connectivity index (χ2v) is 5.00. The average Bonchev–Trinajstić information content (AvgIpc) is 2.40. The van der Waals surface area contributed by atoms with Crippen LogP contribution >= 0.6 is 11.8 Å². The van der Waals surface area contributed by atoms with E-state index in [1.165, 1.54) is 5.56 Å². The van der Waals surface area contributed by atoms with Crippen molar-refractivity contribution in [2.75, 3.05) is 5.75 Å². The van der Waals surface area contributed by atoms with Crippen LogP contribution in [0.5, 0.6) is 0 Å². The van der Waals surface area contributed by atoms with Crippen molar-refractivity contribution >= 4 is 17.4 Å². The molecule has 0 aromatic heterocycles. The summed E-state index contributed by atoms with van der Waals surface area (Å²) >= 11 is 1.71. The van der Waals surface area contributed by atoms with Crippen LogP contribution in [-0.2, 0) is 6.42 Å². The van der Waals surface area contributed by atoms with E-state index in [1.54, 1.807) is 36.0 Å². The third kappa shape index (κ3) is 3.60. The second-order valence-electron chi connectivity index (χ2n) is 3.84. The molecule has 0 heterocycles. The van der Waals surface area contributed by atoms with Gasteiger partial charge < -0.3 is 0 Å². The summed E-state index contributed by atoms with van der Waals surface area (Å²) in [6.07, 6.45) is 1.00. The Hall–Kier alpha value is -1.81. The molecule has 0 unspecified atom stereocenters. The Kier molecular flexibility index (Phi) is 4.36. The molecule has 0 saturated carbocycles. The quantitative estimate of drug-likeness (QED) is 0.464. The first kappa shape index (κ1) is 12.6. The van der Waals surface area contributed by atoms with Gasteiger partial charge in [0.05, 0.1) is 4.92 Å². The van der Waals surface area contributed by atoms with Gasteiger partial charge in [-0.05, 0) is 24.1 Å². The van der Waals surface area contributed by atoms with Gasteiger partial charge in [-0.1, -0.05) is 30.3 Å². The maximum absolute atomic E-state index is 10.5. The van der Waals surface area contributed by atoms with Gasteiger partial charge in [-0.2, -0.15) is 0 Å². The Bertz CT molecular complexity index is 511. The summed E-state index contributed by atoms with van der Waals surface area (Å²) < 4.78 is 0. The van der Waals surface area contributed by atoms with Crippen molar-refractivity contribution in [1.82, 2.24) is 0 Å². The molecule has 0 fully saturated rings. The minimum Gasteiger partial charge on any atom is -0.258 e. The largest absolute Gasteiger partial charge is 0.269 e. The van der Waals surface area contributed by atoms with Crippen LogP contribution in [-0.4, -0.2) is 10.7 Å². The summed E-state index contributed by atoms with van der Waals surface area (Å²) in [5.41, 5.74) is 1.45. The van der Waals surface area contributed by atoms with E-state index >= 15 is 0 Å². The third-order valence-electron chi connectivity index (χ3n) is 2.55. The summed E-state index contributed by atoms with van der Waals surface area (Å²) in [7, 11) is 0. The molecule has 0 N–H and O–H groups in total. The lowest BCUT2D eigenvalue weighted by molar-refractivity contribution is -0.384. The summed E-state index contributed by atoms with van der Waals surface area (Å²) in [4.78, 5) is 11.2. The number of benzene rings is 2. The molecule has 92 valence electrons. The van der Waals surface area contributed by atoms with Gasteiger partial charge in [-0.3, -0.25) is 10.1 Å². The maximum Gasteiger partial charge on any atom is 0.269 e. The van der Waals surface area contributed by atoms with Crippen molar-refractivity contribution in [3.8, 4) is 0 Å². The van der Waals surface area contributed by atoms with Crippen molar-refractivity contribution in [3.05, 3.63) is 70.3 Å². The van der Waals surface area contributed by atoms with Crippen LogP contribution in [0.3, 0.4) is 0 Å². The molecule has 0 aliphatic carbocycles. The average molecular weight is 259 g/mol. The predicted molar refractivity (Wildman–Crippen MR) is 74.0 cm³/mol. The fourth-order valence-electron chi connectivity index (χ4n) is 1.60. The van der Waals surface area contributed by atoms with E-state index in [9.17, 15) is 10.1 Å². The Morgan fingerprint density at radius 3 is 2.28 bits per heavy atom. The molecule has 4 heteroatoms. The molecule has 0 aliphatic rings. The molecule has 0 spiro atoms. The summed E-state index contributed by atoms with van der Waals surface area (Å²) in [5.74, 6) is 0.974. The highest BCUT2D eigenvalue weighted by molar-refractivity contribution is 7.99. The zero-order valence-corrected chi connectivity index (χ0v) is 10.6. The molecular formula is C14H13NO2S. The first-order valence-electron chi connectivity index (χ1n) is 5.67. The van der Waals surface area contributed by atoms with E-state index in [2.05, 4.69) is 12.1 Å². The van der Waals surface area contributed by atoms with Gasteiger partial charge in [0.1, 0.15) is 0 Å². The Balaban J connectivity index is 1.85. The fourth-order valence-corrected chi connectivity index (χ4v) is 2.50. The van der Waals surface area contributed by atoms with E-state index in [1.807, 2.05) is 18.2 Å². The van der Waals surface area contributed by atoms with E-state index in [0.29, 0.717) is 0 Å². The van der Waals surface area contributed by atoms with Gasteiger partial charge in [-0.25, -0.2) is 0 Å². The zero-order chi connectivity index (χ0) is 12.8. The monoisotopic (exact) mass is 259 g/mol. The molecule has 0 amide bonds. The standard InChI is InChI=1S/C14H13NO2S/c16-15(17)13-6-8-14(9-7-13)18-11-10-12-4-2-1-3-5-12/h1-9H,10-11H2. The Morgan fingerprint density at radius 2 is 1.67 bits per heavy atom. The zero-order valence-electron chi connectivity index (χ0n) is 9.78. The fraction of sp³-hybridized carbons (Fsp3) is 0.143. The predicted octanol–water partition coefficient (Wildman–Crippen LogP) is 3.93. The minimum absolute atomic E-state index is 0.141. The molecule has 0 aliphatic heterocycles. The Labute approximate surface area is 110 Å². The van der Waals surface area contributed by atoms with Crippen molar-refractivity contribution in [3.63, 3.8) is 0 Å². The van der Waals surface area contributed by atoms with Crippen LogP contribution < -0.4 is 0 Å². The van der Waals surface area contributed by atoms with Crippen molar-refractivity contribution in [2.45, 2.75) is 11.3 Å². The Morgan fingerprint density at radius 1 is 1.00 bits per heavy atom. The van der Waals surface area contributed by atoms with Crippen molar-refractivity contribution in [2.24, 2.45) is 0 Å². The first-order valence-corrected chi connectivity index (χ1v) is 6.65. The molecule has 2 aromatic rings. The molecule has 18 heavy (non-hydrogen) atoms. The first-order chi connectivity index (χ1) is 8.75. The number of thioether (sulfide) groups is 1. The summed E-state index contributed by atoms with van der Waals surface area (Å²) in [5, 5.41) is 10.5. The van der Waals surface area contributed by atoms with Gasteiger partial charge in [0, 0.05) is 22.8 Å². The van der Waals surface area contributed by atoms with Crippen molar-refractivity contribution < 1.29 is 4.92 Å². The van der Waals surface area contributed by atoms with Crippen LogP contribution in [0.2, 0.25) is 0 Å². The van der Waals surface area contributed by atoms with E-state index in [-0.39, 0.29) is 10.6 Å². The van der Waals surface area contributed by atoms with Crippen LogP contribution in [0, 0.1) is 10.1 Å². The van der Waals surface area contributed by atoms with Crippen LogP contribution in [0.1, 0.15) is 5.56 Å². The van der Waals surface area contributed by atoms with E-state index in [0.717, 1.165) is 17.1 Å². The van der Waals surface area contributed by atoms with Gasteiger partial charge >= 0.3 is 0 Å².